The first-order valence-electron chi connectivity index (χ1n) is 13.2. The first kappa shape index (κ1) is 27.2. The van der Waals surface area contributed by atoms with Gasteiger partial charge >= 0.3 is 0 Å². The standard InChI is InChI=1S/C30H25F2N5O5/c31-18-1-3-20-24(13-18)34-17-22(29(20)38)30(39)36-19-2-4-27(23(32)14-19)42-26-5-6-33-25-15-28(35-16-21(25)26)41-12-9-37-7-10-40-11-8-37/h1-6,13-17H,7-12H2,(H,34,38)(H,36,39). The predicted molar refractivity (Wildman–Crippen MR) is 151 cm³/mol. The Labute approximate surface area is 237 Å². The molecule has 42 heavy (non-hydrogen) atoms. The number of halogens is 2. The van der Waals surface area contributed by atoms with Crippen molar-refractivity contribution in [1.82, 2.24) is 19.9 Å². The maximum atomic E-state index is 15.0. The second-order valence-corrected chi connectivity index (χ2v) is 9.57. The van der Waals surface area contributed by atoms with E-state index in [2.05, 4.69) is 25.2 Å². The minimum absolute atomic E-state index is 0.0862. The molecule has 214 valence electrons. The van der Waals surface area contributed by atoms with Crippen molar-refractivity contribution in [2.75, 3.05) is 44.8 Å². The van der Waals surface area contributed by atoms with Gasteiger partial charge in [-0.25, -0.2) is 13.8 Å². The molecule has 12 heteroatoms. The van der Waals surface area contributed by atoms with Gasteiger partial charge in [-0.1, -0.05) is 0 Å². The molecule has 1 saturated heterocycles. The highest BCUT2D eigenvalue weighted by molar-refractivity contribution is 6.05. The number of carbonyl (C=O) groups excluding carboxylic acids is 1. The van der Waals surface area contributed by atoms with Gasteiger partial charge in [-0.2, -0.15) is 0 Å². The number of ether oxygens (including phenoxy) is 3. The molecule has 0 atom stereocenters. The van der Waals surface area contributed by atoms with Gasteiger partial charge in [0.15, 0.2) is 11.6 Å². The largest absolute Gasteiger partial charge is 0.476 e. The Kier molecular flexibility index (Phi) is 7.71. The zero-order chi connectivity index (χ0) is 29.1. The van der Waals surface area contributed by atoms with E-state index in [9.17, 15) is 14.0 Å². The van der Waals surface area contributed by atoms with E-state index in [0.717, 1.165) is 51.0 Å². The number of aromatic nitrogens is 3. The van der Waals surface area contributed by atoms with Gasteiger partial charge < -0.3 is 24.5 Å². The lowest BCUT2D eigenvalue weighted by molar-refractivity contribution is 0.0320. The molecule has 6 rings (SSSR count). The Hall–Kier alpha value is -4.94. The highest BCUT2D eigenvalue weighted by Gasteiger charge is 2.16. The molecule has 0 bridgehead atoms. The monoisotopic (exact) mass is 573 g/mol. The number of hydrogen-bond acceptors (Lipinski definition) is 8. The summed E-state index contributed by atoms with van der Waals surface area (Å²) < 4.78 is 45.5. The number of hydrogen-bond donors (Lipinski definition) is 2. The Morgan fingerprint density at radius 3 is 2.71 bits per heavy atom. The summed E-state index contributed by atoms with van der Waals surface area (Å²) in [4.78, 5) is 39.2. The van der Waals surface area contributed by atoms with E-state index in [1.165, 1.54) is 30.6 Å². The maximum absolute atomic E-state index is 15.0. The molecule has 1 amide bonds. The van der Waals surface area contributed by atoms with Crippen molar-refractivity contribution in [3.05, 3.63) is 94.5 Å². The highest BCUT2D eigenvalue weighted by atomic mass is 19.1. The Bertz CT molecular complexity index is 1840. The fraction of sp³-hybridized carbons (Fsp3) is 0.200. The highest BCUT2D eigenvalue weighted by Crippen LogP contribution is 2.32. The Morgan fingerprint density at radius 1 is 1.02 bits per heavy atom. The molecule has 10 nitrogen and oxygen atoms in total. The lowest BCUT2D eigenvalue weighted by Gasteiger charge is -2.26. The van der Waals surface area contributed by atoms with Gasteiger partial charge in [0.2, 0.25) is 11.3 Å². The van der Waals surface area contributed by atoms with Crippen LogP contribution in [0.3, 0.4) is 0 Å². The van der Waals surface area contributed by atoms with Crippen LogP contribution in [0.25, 0.3) is 21.8 Å². The maximum Gasteiger partial charge on any atom is 0.261 e. The molecule has 0 aliphatic carbocycles. The number of morpholine rings is 1. The van der Waals surface area contributed by atoms with Gasteiger partial charge in [0.25, 0.3) is 5.91 Å². The number of anilines is 1. The first-order valence-corrected chi connectivity index (χ1v) is 13.2. The van der Waals surface area contributed by atoms with E-state index >= 15 is 4.39 Å². The zero-order valence-corrected chi connectivity index (χ0v) is 22.2. The summed E-state index contributed by atoms with van der Waals surface area (Å²) in [5, 5.41) is 3.23. The van der Waals surface area contributed by atoms with Crippen molar-refractivity contribution >= 4 is 33.4 Å². The molecule has 2 N–H and O–H groups in total. The van der Waals surface area contributed by atoms with Gasteiger partial charge in [-0.3, -0.25) is 19.5 Å². The summed E-state index contributed by atoms with van der Waals surface area (Å²) in [6.45, 7) is 4.40. The number of fused-ring (bicyclic) bond motifs is 2. The number of pyridine rings is 3. The second-order valence-electron chi connectivity index (χ2n) is 9.57. The van der Waals surface area contributed by atoms with E-state index in [-0.39, 0.29) is 27.9 Å². The quantitative estimate of drug-likeness (QED) is 0.279. The number of aromatic amines is 1. The third-order valence-electron chi connectivity index (χ3n) is 6.82. The minimum Gasteiger partial charge on any atom is -0.476 e. The van der Waals surface area contributed by atoms with Crippen LogP contribution in [0.1, 0.15) is 10.4 Å². The Balaban J connectivity index is 1.13. The molecule has 1 aliphatic rings. The number of H-pyrrole nitrogens is 1. The number of benzene rings is 2. The third-order valence-corrected chi connectivity index (χ3v) is 6.82. The molecule has 3 aromatic heterocycles. The summed E-state index contributed by atoms with van der Waals surface area (Å²) in [6, 6.07) is 10.8. The first-order chi connectivity index (χ1) is 20.4. The van der Waals surface area contributed by atoms with Crippen LogP contribution in [0.15, 0.2) is 71.9 Å². The third kappa shape index (κ3) is 5.90. The molecular weight excluding hydrogens is 548 g/mol. The smallest absolute Gasteiger partial charge is 0.261 e. The topological polar surface area (TPSA) is 119 Å². The van der Waals surface area contributed by atoms with Gasteiger partial charge in [0, 0.05) is 61.4 Å². The van der Waals surface area contributed by atoms with Gasteiger partial charge in [0.05, 0.1) is 29.6 Å². The fourth-order valence-electron chi connectivity index (χ4n) is 4.61. The molecular formula is C30H25F2N5O5. The van der Waals surface area contributed by atoms with Crippen LogP contribution in [0, 0.1) is 11.6 Å². The summed E-state index contributed by atoms with van der Waals surface area (Å²) in [6.07, 6.45) is 4.29. The summed E-state index contributed by atoms with van der Waals surface area (Å²) >= 11 is 0. The van der Waals surface area contributed by atoms with E-state index in [1.54, 1.807) is 18.3 Å². The number of carbonyl (C=O) groups is 1. The van der Waals surface area contributed by atoms with Crippen LogP contribution in [-0.4, -0.2) is 65.2 Å². The SMILES string of the molecule is O=C(Nc1ccc(Oc2ccnc3cc(OCCN4CCOCC4)ncc23)c(F)c1)c1c[nH]c2cc(F)ccc2c1=O. The van der Waals surface area contributed by atoms with Crippen molar-refractivity contribution in [1.29, 1.82) is 0 Å². The zero-order valence-electron chi connectivity index (χ0n) is 22.2. The van der Waals surface area contributed by atoms with Gasteiger partial charge in [0.1, 0.15) is 23.7 Å². The summed E-state index contributed by atoms with van der Waals surface area (Å²) in [5.41, 5.74) is 0.163. The molecule has 4 heterocycles. The van der Waals surface area contributed by atoms with Crippen molar-refractivity contribution in [2.45, 2.75) is 0 Å². The molecule has 5 aromatic rings. The lowest BCUT2D eigenvalue weighted by atomic mass is 10.1. The average Bonchev–Trinajstić information content (AvgIpc) is 2.99. The fourth-order valence-corrected chi connectivity index (χ4v) is 4.61. The molecule has 2 aromatic carbocycles. The molecule has 1 aliphatic heterocycles. The van der Waals surface area contributed by atoms with Crippen molar-refractivity contribution in [3.8, 4) is 17.4 Å². The molecule has 0 spiro atoms. The van der Waals surface area contributed by atoms with Gasteiger partial charge in [-0.15, -0.1) is 0 Å². The van der Waals surface area contributed by atoms with Crippen LogP contribution < -0.4 is 20.2 Å². The van der Waals surface area contributed by atoms with Crippen LogP contribution >= 0.6 is 0 Å². The molecule has 0 radical (unpaired) electrons. The number of nitrogens with zero attached hydrogens (tertiary/aromatic N) is 3. The predicted octanol–water partition coefficient (Wildman–Crippen LogP) is 4.51. The number of amides is 1. The van der Waals surface area contributed by atoms with Gasteiger partial charge in [-0.05, 0) is 36.4 Å². The molecule has 1 fully saturated rings. The van der Waals surface area contributed by atoms with Crippen molar-refractivity contribution < 1.29 is 27.8 Å². The minimum atomic E-state index is -0.746. The van der Waals surface area contributed by atoms with Crippen LogP contribution in [0.5, 0.6) is 17.4 Å². The molecule has 0 unspecified atom stereocenters. The lowest BCUT2D eigenvalue weighted by Crippen LogP contribution is -2.38. The van der Waals surface area contributed by atoms with Crippen molar-refractivity contribution in [2.24, 2.45) is 0 Å². The molecule has 0 saturated carbocycles. The average molecular weight is 574 g/mol. The Morgan fingerprint density at radius 2 is 1.88 bits per heavy atom. The number of nitrogens with one attached hydrogen (secondary N) is 2. The van der Waals surface area contributed by atoms with E-state index in [4.69, 9.17) is 14.2 Å². The second kappa shape index (κ2) is 11.9. The summed E-state index contributed by atoms with van der Waals surface area (Å²) in [5.74, 6) is -1.33. The van der Waals surface area contributed by atoms with E-state index in [1.807, 2.05) is 0 Å². The van der Waals surface area contributed by atoms with E-state index in [0.29, 0.717) is 29.1 Å². The van der Waals surface area contributed by atoms with Crippen LogP contribution in [0.2, 0.25) is 0 Å². The summed E-state index contributed by atoms with van der Waals surface area (Å²) in [7, 11) is 0. The normalized spacial score (nSPS) is 13.8. The van der Waals surface area contributed by atoms with Crippen molar-refractivity contribution in [3.63, 3.8) is 0 Å². The number of rotatable bonds is 8. The van der Waals surface area contributed by atoms with Crippen LogP contribution in [0.4, 0.5) is 14.5 Å². The van der Waals surface area contributed by atoms with Crippen LogP contribution in [-0.2, 0) is 4.74 Å². The van der Waals surface area contributed by atoms with E-state index < -0.39 is 23.0 Å².